The van der Waals surface area contributed by atoms with E-state index in [0.717, 1.165) is 31.4 Å². The first-order valence-corrected chi connectivity index (χ1v) is 6.01. The Balaban J connectivity index is -0.0000000141. The summed E-state index contributed by atoms with van der Waals surface area (Å²) in [5.74, 6) is 0. The van der Waals surface area contributed by atoms with Crippen LogP contribution in [0.5, 0.6) is 0 Å². The number of allylic oxidation sites excluding steroid dienone is 2. The molecular weight excluding hydrogens is 369 g/mol. The van der Waals surface area contributed by atoms with E-state index in [9.17, 15) is 0 Å². The van der Waals surface area contributed by atoms with Crippen molar-refractivity contribution >= 4 is 62.0 Å². The van der Waals surface area contributed by atoms with Crippen LogP contribution in [-0.4, -0.2) is 64.6 Å². The van der Waals surface area contributed by atoms with Crippen LogP contribution in [0.15, 0.2) is 25.3 Å². The van der Waals surface area contributed by atoms with Crippen LogP contribution >= 0.6 is 15.9 Å². The van der Waals surface area contributed by atoms with Crippen molar-refractivity contribution in [1.82, 2.24) is 0 Å². The molecule has 0 heterocycles. The van der Waals surface area contributed by atoms with Crippen LogP contribution in [0.2, 0.25) is 0 Å². The zero-order chi connectivity index (χ0) is 11.7. The molecular formula is C12H26Br2Mg2O. The van der Waals surface area contributed by atoms with Gasteiger partial charge in [-0.25, -0.2) is 0 Å². The fourth-order valence-electron chi connectivity index (χ4n) is 0.281. The molecule has 0 aromatic heterocycles. The molecule has 0 aromatic rings. The molecule has 0 saturated heterocycles. The Morgan fingerprint density at radius 2 is 1.53 bits per heavy atom. The van der Waals surface area contributed by atoms with Gasteiger partial charge in [0.15, 0.2) is 0 Å². The molecule has 0 aliphatic rings. The van der Waals surface area contributed by atoms with Crippen LogP contribution in [-0.2, 0) is 4.74 Å². The summed E-state index contributed by atoms with van der Waals surface area (Å²) >= 11 is 3.24. The van der Waals surface area contributed by atoms with Gasteiger partial charge in [-0.2, -0.15) is 6.42 Å². The first kappa shape index (κ1) is 36.4. The van der Waals surface area contributed by atoms with Gasteiger partial charge in [0.25, 0.3) is 0 Å². The van der Waals surface area contributed by atoms with Gasteiger partial charge in [0.1, 0.15) is 0 Å². The zero-order valence-electron chi connectivity index (χ0n) is 13.4. The molecule has 0 bridgehead atoms. The molecule has 0 aliphatic heterocycles. The van der Waals surface area contributed by atoms with Crippen molar-refractivity contribution in [3.8, 4) is 0 Å². The molecule has 0 spiro atoms. The molecule has 0 aliphatic carbocycles. The zero-order valence-corrected chi connectivity index (χ0v) is 17.4. The molecule has 0 N–H and O–H groups in total. The minimum Gasteiger partial charge on any atom is -1.00 e. The minimum atomic E-state index is 0. The van der Waals surface area contributed by atoms with E-state index in [1.165, 1.54) is 0 Å². The van der Waals surface area contributed by atoms with Crippen LogP contribution in [0.3, 0.4) is 0 Å². The van der Waals surface area contributed by atoms with Crippen molar-refractivity contribution in [2.45, 2.75) is 26.7 Å². The SMILES string of the molecule is C=CCCBr.C=CC[CH2-].CCOCC.[Br-].[H-].[H-].[Mg+2].[Mg+2]. The van der Waals surface area contributed by atoms with Gasteiger partial charge in [-0.3, -0.25) is 0 Å². The van der Waals surface area contributed by atoms with Gasteiger partial charge in [-0.05, 0) is 20.3 Å². The summed E-state index contributed by atoms with van der Waals surface area (Å²) in [7, 11) is 0. The predicted molar refractivity (Wildman–Crippen MR) is 84.7 cm³/mol. The number of hydrogen-bond donors (Lipinski definition) is 0. The molecule has 0 atom stereocenters. The van der Waals surface area contributed by atoms with Crippen LogP contribution in [0.1, 0.15) is 29.5 Å². The summed E-state index contributed by atoms with van der Waals surface area (Å²) in [6.07, 6.45) is 5.55. The average molecular weight is 395 g/mol. The van der Waals surface area contributed by atoms with Gasteiger partial charge in [-0.1, -0.05) is 22.0 Å². The summed E-state index contributed by atoms with van der Waals surface area (Å²) in [5.41, 5.74) is 0. The van der Waals surface area contributed by atoms with Gasteiger partial charge in [0, 0.05) is 18.5 Å². The van der Waals surface area contributed by atoms with Gasteiger partial charge >= 0.3 is 46.1 Å². The van der Waals surface area contributed by atoms with E-state index in [-0.39, 0.29) is 65.9 Å². The maximum Gasteiger partial charge on any atom is 2.00 e. The minimum absolute atomic E-state index is 0. The van der Waals surface area contributed by atoms with E-state index in [0.29, 0.717) is 0 Å². The third kappa shape index (κ3) is 94.7. The number of halogens is 2. The summed E-state index contributed by atoms with van der Waals surface area (Å²) in [6, 6.07) is 0. The van der Waals surface area contributed by atoms with Crippen LogP contribution < -0.4 is 17.0 Å². The number of ether oxygens (including phenoxy) is 1. The van der Waals surface area contributed by atoms with Gasteiger partial charge in [0.05, 0.1) is 0 Å². The van der Waals surface area contributed by atoms with E-state index < -0.39 is 0 Å². The van der Waals surface area contributed by atoms with E-state index in [4.69, 9.17) is 4.74 Å². The Labute approximate surface area is 162 Å². The van der Waals surface area contributed by atoms with Crippen LogP contribution in [0, 0.1) is 6.92 Å². The second-order valence-corrected chi connectivity index (χ2v) is 2.92. The van der Waals surface area contributed by atoms with E-state index in [1.807, 2.05) is 19.9 Å². The second kappa shape index (κ2) is 52.1. The quantitative estimate of drug-likeness (QED) is 0.291. The molecule has 0 aromatic carbocycles. The Morgan fingerprint density at radius 1 is 1.18 bits per heavy atom. The standard InChI is InChI=1S/C4H7Br.C4H10O.C4H7.BrH.2Mg.2H/c1-2-3-4-5;1-3-5-4-2;1-3-4-2;;;;;/h2H,1,3-4H2;3-4H2,1-2H3;3H,1-2,4H2;1H;;;;/q;;-1;;2*+2;2*-1/p-1. The van der Waals surface area contributed by atoms with Gasteiger partial charge < -0.3 is 31.5 Å². The largest absolute Gasteiger partial charge is 2.00 e. The third-order valence-corrected chi connectivity index (χ3v) is 1.38. The summed E-state index contributed by atoms with van der Waals surface area (Å²) < 4.78 is 4.83. The maximum atomic E-state index is 4.83. The van der Waals surface area contributed by atoms with Gasteiger partial charge in [0.2, 0.25) is 0 Å². The smallest absolute Gasteiger partial charge is 1.00 e. The summed E-state index contributed by atoms with van der Waals surface area (Å²) in [4.78, 5) is 0. The van der Waals surface area contributed by atoms with E-state index >= 15 is 0 Å². The predicted octanol–water partition coefficient (Wildman–Crippen LogP) is 0.864. The van der Waals surface area contributed by atoms with Gasteiger partial charge in [-0.15, -0.1) is 19.2 Å². The second-order valence-electron chi connectivity index (χ2n) is 2.13. The molecule has 0 unspecified atom stereocenters. The molecule has 0 saturated carbocycles. The Bertz CT molecular complexity index is 112. The maximum absolute atomic E-state index is 4.83. The molecule has 1 nitrogen and oxygen atoms in total. The van der Waals surface area contributed by atoms with Crippen molar-refractivity contribution in [2.75, 3.05) is 18.5 Å². The Kier molecular flexibility index (Phi) is 112. The van der Waals surface area contributed by atoms with E-state index in [2.05, 4.69) is 36.0 Å². The Morgan fingerprint density at radius 3 is 1.53 bits per heavy atom. The third-order valence-electron chi connectivity index (χ3n) is 0.926. The molecule has 5 heteroatoms. The number of rotatable bonds is 5. The van der Waals surface area contributed by atoms with Crippen LogP contribution in [0.4, 0.5) is 0 Å². The molecule has 98 valence electrons. The topological polar surface area (TPSA) is 9.23 Å². The fourth-order valence-corrected chi connectivity index (χ4v) is 0.605. The van der Waals surface area contributed by atoms with Crippen molar-refractivity contribution in [3.63, 3.8) is 0 Å². The van der Waals surface area contributed by atoms with Crippen molar-refractivity contribution in [3.05, 3.63) is 32.2 Å². The first-order chi connectivity index (χ1) is 6.74. The fraction of sp³-hybridized carbons (Fsp3) is 0.583. The first-order valence-electron chi connectivity index (χ1n) is 4.89. The molecule has 0 rings (SSSR count). The molecule has 0 fully saturated rings. The monoisotopic (exact) mass is 392 g/mol. The van der Waals surface area contributed by atoms with Crippen molar-refractivity contribution in [1.29, 1.82) is 0 Å². The average Bonchev–Trinajstić information content (AvgIpc) is 2.22. The van der Waals surface area contributed by atoms with Crippen molar-refractivity contribution < 1.29 is 24.6 Å². The van der Waals surface area contributed by atoms with E-state index in [1.54, 1.807) is 6.08 Å². The number of alkyl halides is 1. The summed E-state index contributed by atoms with van der Waals surface area (Å²) in [5, 5.41) is 1.04. The molecule has 17 heavy (non-hydrogen) atoms. The molecule has 0 amide bonds. The molecule has 0 radical (unpaired) electrons. The Hall–Kier alpha value is 1.93. The van der Waals surface area contributed by atoms with Crippen LogP contribution in [0.25, 0.3) is 0 Å². The number of hydrogen-bond acceptors (Lipinski definition) is 1. The van der Waals surface area contributed by atoms with Crippen molar-refractivity contribution in [2.24, 2.45) is 0 Å². The summed E-state index contributed by atoms with van der Waals surface area (Å²) in [6.45, 7) is 16.1. The normalized spacial score (nSPS) is 6.12.